The lowest BCUT2D eigenvalue weighted by Crippen LogP contribution is -2.44. The van der Waals surface area contributed by atoms with E-state index in [0.29, 0.717) is 0 Å². The first kappa shape index (κ1) is 15.0. The van der Waals surface area contributed by atoms with Crippen LogP contribution in [0, 0.1) is 0 Å². The van der Waals surface area contributed by atoms with Gasteiger partial charge in [0.2, 0.25) is 10.0 Å². The Kier molecular flexibility index (Phi) is 5.50. The Balaban J connectivity index is 2.58. The molecule has 0 atom stereocenters. The topological polar surface area (TPSA) is 88.1 Å². The molecule has 11 heteroatoms. The van der Waals surface area contributed by atoms with Gasteiger partial charge in [0.1, 0.15) is 17.8 Å². The van der Waals surface area contributed by atoms with Crippen LogP contribution in [0.15, 0.2) is 0 Å². The standard InChI is InChI=1S/C6H11F2NO6S2/c7-6(8,16-15-14-10)5-17(11,12)9-1-3-13-4-2-9/h10H,1-5H2/p-1. The highest BCUT2D eigenvalue weighted by molar-refractivity contribution is 7.97. The third kappa shape index (κ3) is 4.99. The number of ether oxygens (including phenoxy) is 1. The quantitative estimate of drug-likeness (QED) is 0.357. The van der Waals surface area contributed by atoms with Crippen molar-refractivity contribution in [2.45, 2.75) is 5.25 Å². The van der Waals surface area contributed by atoms with E-state index in [1.807, 2.05) is 0 Å². The summed E-state index contributed by atoms with van der Waals surface area (Å²) in [7, 11) is -4.13. The minimum absolute atomic E-state index is 0.0298. The zero-order valence-electron chi connectivity index (χ0n) is 8.50. The van der Waals surface area contributed by atoms with Gasteiger partial charge in [-0.2, -0.15) is 17.4 Å². The van der Waals surface area contributed by atoms with E-state index in [2.05, 4.69) is 9.37 Å². The highest BCUT2D eigenvalue weighted by Gasteiger charge is 2.41. The second-order valence-electron chi connectivity index (χ2n) is 3.12. The van der Waals surface area contributed by atoms with Crippen LogP contribution in [0.5, 0.6) is 0 Å². The molecule has 0 spiro atoms. The van der Waals surface area contributed by atoms with E-state index in [-0.39, 0.29) is 26.3 Å². The van der Waals surface area contributed by atoms with E-state index in [9.17, 15) is 22.5 Å². The van der Waals surface area contributed by atoms with Crippen LogP contribution in [0.25, 0.3) is 0 Å². The predicted molar refractivity (Wildman–Crippen MR) is 50.9 cm³/mol. The third-order valence-corrected chi connectivity index (χ3v) is 4.47. The molecule has 1 saturated heterocycles. The molecule has 0 unspecified atom stereocenters. The maximum atomic E-state index is 13.0. The van der Waals surface area contributed by atoms with Crippen molar-refractivity contribution in [3.05, 3.63) is 0 Å². The second kappa shape index (κ2) is 6.22. The van der Waals surface area contributed by atoms with E-state index < -0.39 is 33.1 Å². The SMILES string of the molecule is O=S(=O)(CC(F)(F)SOO[O-])N1CCOCC1. The van der Waals surface area contributed by atoms with Gasteiger partial charge in [-0.1, -0.05) is 0 Å². The van der Waals surface area contributed by atoms with Crippen LogP contribution in [-0.2, 0) is 24.1 Å². The molecule has 0 aromatic carbocycles. The summed E-state index contributed by atoms with van der Waals surface area (Å²) in [4.78, 5) is 0. The van der Waals surface area contributed by atoms with E-state index in [0.717, 1.165) is 4.31 Å². The fourth-order valence-electron chi connectivity index (χ4n) is 1.22. The number of morpholine rings is 1. The Morgan fingerprint density at radius 3 is 2.53 bits per heavy atom. The summed E-state index contributed by atoms with van der Waals surface area (Å²) in [5, 5.41) is 8.37. The molecule has 1 aliphatic heterocycles. The van der Waals surface area contributed by atoms with E-state index in [1.54, 1.807) is 0 Å². The summed E-state index contributed by atoms with van der Waals surface area (Å²) >= 11 is -0.636. The molecule has 1 heterocycles. The lowest BCUT2D eigenvalue weighted by atomic mass is 10.5. The van der Waals surface area contributed by atoms with Crippen LogP contribution >= 0.6 is 12.0 Å². The van der Waals surface area contributed by atoms with Gasteiger partial charge in [-0.25, -0.2) is 8.42 Å². The molecule has 17 heavy (non-hydrogen) atoms. The van der Waals surface area contributed by atoms with Crippen LogP contribution in [-0.4, -0.2) is 50.0 Å². The van der Waals surface area contributed by atoms with Gasteiger partial charge in [0.05, 0.1) is 13.2 Å². The fourth-order valence-corrected chi connectivity index (χ4v) is 3.30. The van der Waals surface area contributed by atoms with E-state index in [1.165, 1.54) is 0 Å². The van der Waals surface area contributed by atoms with E-state index in [4.69, 9.17) is 4.74 Å². The first-order valence-corrected chi connectivity index (χ1v) is 6.80. The highest BCUT2D eigenvalue weighted by atomic mass is 32.2. The van der Waals surface area contributed by atoms with Crippen molar-refractivity contribution in [1.82, 2.24) is 4.31 Å². The van der Waals surface area contributed by atoms with Gasteiger partial charge in [0, 0.05) is 13.1 Å². The largest absolute Gasteiger partial charge is 0.691 e. The Morgan fingerprint density at radius 1 is 1.41 bits per heavy atom. The zero-order chi connectivity index (χ0) is 12.9. The molecule has 0 bridgehead atoms. The van der Waals surface area contributed by atoms with Crippen LogP contribution in [0.4, 0.5) is 8.78 Å². The van der Waals surface area contributed by atoms with Crippen molar-refractivity contribution in [2.24, 2.45) is 0 Å². The van der Waals surface area contributed by atoms with Crippen molar-refractivity contribution in [2.75, 3.05) is 32.1 Å². The summed E-state index contributed by atoms with van der Waals surface area (Å²) in [5.74, 6) is -1.46. The van der Waals surface area contributed by atoms with Gasteiger partial charge in [-0.3, -0.25) is 5.04 Å². The van der Waals surface area contributed by atoms with Crippen molar-refractivity contribution in [3.8, 4) is 0 Å². The first-order valence-electron chi connectivity index (χ1n) is 4.45. The number of halogens is 2. The van der Waals surface area contributed by atoms with E-state index >= 15 is 0 Å². The van der Waals surface area contributed by atoms with Gasteiger partial charge in [-0.15, -0.1) is 0 Å². The summed E-state index contributed by atoms with van der Waals surface area (Å²) in [6.45, 7) is 0.389. The number of hydrogen-bond donors (Lipinski definition) is 0. The molecule has 102 valence electrons. The average molecular weight is 294 g/mol. The van der Waals surface area contributed by atoms with Crippen LogP contribution < -0.4 is 5.26 Å². The summed E-state index contributed by atoms with van der Waals surface area (Å²) in [5.41, 5.74) is 0. The van der Waals surface area contributed by atoms with Crippen molar-refractivity contribution >= 4 is 22.1 Å². The molecule has 0 N–H and O–H groups in total. The predicted octanol–water partition coefficient (Wildman–Crippen LogP) is -0.887. The number of nitrogens with zero attached hydrogens (tertiary/aromatic N) is 1. The third-order valence-electron chi connectivity index (χ3n) is 1.90. The second-order valence-corrected chi connectivity index (χ2v) is 5.99. The van der Waals surface area contributed by atoms with Gasteiger partial charge in [-0.05, 0) is 0 Å². The molecule has 0 amide bonds. The molecule has 0 aromatic rings. The smallest absolute Gasteiger partial charge is 0.335 e. The van der Waals surface area contributed by atoms with Crippen LogP contribution in [0.2, 0.25) is 0 Å². The first-order chi connectivity index (χ1) is 7.87. The Labute approximate surface area is 101 Å². The average Bonchev–Trinajstić information content (AvgIpc) is 2.26. The monoisotopic (exact) mass is 294 g/mol. The Bertz CT molecular complexity index is 331. The molecule has 0 radical (unpaired) electrons. The molecule has 0 saturated carbocycles. The van der Waals surface area contributed by atoms with Crippen molar-refractivity contribution < 1.29 is 36.6 Å². The van der Waals surface area contributed by atoms with Crippen LogP contribution in [0.1, 0.15) is 0 Å². The lowest BCUT2D eigenvalue weighted by Gasteiger charge is -2.27. The minimum Gasteiger partial charge on any atom is -0.691 e. The maximum absolute atomic E-state index is 13.0. The number of sulfonamides is 1. The normalized spacial score (nSPS) is 19.5. The van der Waals surface area contributed by atoms with Gasteiger partial charge in [0.25, 0.3) is 0 Å². The molecule has 1 fully saturated rings. The van der Waals surface area contributed by atoms with Gasteiger partial charge < -0.3 is 9.99 Å². The minimum atomic E-state index is -4.13. The molecule has 1 aliphatic rings. The Hall–Kier alpha value is -0.0400. The summed E-state index contributed by atoms with van der Waals surface area (Å²) < 4.78 is 58.5. The maximum Gasteiger partial charge on any atom is 0.335 e. The molecular formula is C6H10F2NO6S2-. The number of alkyl halides is 2. The molecule has 7 nitrogen and oxygen atoms in total. The number of rotatable bonds is 6. The summed E-state index contributed by atoms with van der Waals surface area (Å²) in [6, 6.07) is 0. The highest BCUT2D eigenvalue weighted by Crippen LogP contribution is 2.32. The molecule has 1 rings (SSSR count). The van der Waals surface area contributed by atoms with Gasteiger partial charge >= 0.3 is 5.25 Å². The van der Waals surface area contributed by atoms with Crippen molar-refractivity contribution in [1.29, 1.82) is 0 Å². The number of hydrogen-bond acceptors (Lipinski definition) is 7. The van der Waals surface area contributed by atoms with Crippen LogP contribution in [0.3, 0.4) is 0 Å². The molecule has 0 aromatic heterocycles. The molecule has 0 aliphatic carbocycles. The Morgan fingerprint density at radius 2 is 2.00 bits per heavy atom. The summed E-state index contributed by atoms with van der Waals surface area (Å²) in [6.07, 6.45) is 0. The fraction of sp³-hybridized carbons (Fsp3) is 1.00. The zero-order valence-corrected chi connectivity index (χ0v) is 10.1. The molecular weight excluding hydrogens is 284 g/mol. The van der Waals surface area contributed by atoms with Crippen molar-refractivity contribution in [3.63, 3.8) is 0 Å². The lowest BCUT2D eigenvalue weighted by molar-refractivity contribution is -0.777. The van der Waals surface area contributed by atoms with Gasteiger partial charge in [0.15, 0.2) is 0 Å².